The number of hydrogen-bond donors (Lipinski definition) is 1. The predicted octanol–water partition coefficient (Wildman–Crippen LogP) is 1.65. The van der Waals surface area contributed by atoms with Crippen LogP contribution in [0.5, 0.6) is 5.75 Å². The number of nitrogens with zero attached hydrogens (tertiary/aromatic N) is 1. The highest BCUT2D eigenvalue weighted by Crippen LogP contribution is 2.20. The van der Waals surface area contributed by atoms with Crippen LogP contribution in [0.25, 0.3) is 0 Å². The monoisotopic (exact) mass is 289 g/mol. The number of hydrogen-bond acceptors (Lipinski definition) is 4. The van der Waals surface area contributed by atoms with E-state index in [9.17, 15) is 0 Å². The summed E-state index contributed by atoms with van der Waals surface area (Å²) in [7, 11) is 1.65. The van der Waals surface area contributed by atoms with Crippen LogP contribution in [0, 0.1) is 11.8 Å². The van der Waals surface area contributed by atoms with Crippen molar-refractivity contribution in [2.75, 3.05) is 33.4 Å². The predicted molar refractivity (Wildman–Crippen MR) is 82.3 cm³/mol. The first-order valence-corrected chi connectivity index (χ1v) is 7.33. The standard InChI is InChI=1S/C17H23NO3/c1-14-12-18(8-10-21-14)13-15-6-7-17(20-2)16(11-15)5-3-4-9-19/h6-7,11,14,19H,4,8-10,12-13H2,1-2H3. The number of rotatable bonds is 4. The highest BCUT2D eigenvalue weighted by atomic mass is 16.5. The van der Waals surface area contributed by atoms with Crippen molar-refractivity contribution in [1.82, 2.24) is 4.90 Å². The van der Waals surface area contributed by atoms with Crippen LogP contribution in [0.2, 0.25) is 0 Å². The molecular formula is C17H23NO3. The molecule has 0 aromatic heterocycles. The summed E-state index contributed by atoms with van der Waals surface area (Å²) in [6.45, 7) is 5.79. The Kier molecular flexibility index (Phi) is 6.06. The van der Waals surface area contributed by atoms with Gasteiger partial charge in [-0.1, -0.05) is 17.9 Å². The van der Waals surface area contributed by atoms with Gasteiger partial charge >= 0.3 is 0 Å². The van der Waals surface area contributed by atoms with Crippen LogP contribution in [0.3, 0.4) is 0 Å². The summed E-state index contributed by atoms with van der Waals surface area (Å²) >= 11 is 0. The first kappa shape index (κ1) is 15.8. The van der Waals surface area contributed by atoms with Gasteiger partial charge in [0.25, 0.3) is 0 Å². The number of ether oxygens (including phenoxy) is 2. The molecule has 0 spiro atoms. The van der Waals surface area contributed by atoms with Crippen molar-refractivity contribution in [3.63, 3.8) is 0 Å². The SMILES string of the molecule is COc1ccc(CN2CCOC(C)C2)cc1C#CCCO. The second kappa shape index (κ2) is 8.04. The molecule has 4 heteroatoms. The molecule has 0 radical (unpaired) electrons. The smallest absolute Gasteiger partial charge is 0.134 e. The fourth-order valence-electron chi connectivity index (χ4n) is 2.46. The van der Waals surface area contributed by atoms with Crippen molar-refractivity contribution in [2.24, 2.45) is 0 Å². The molecule has 21 heavy (non-hydrogen) atoms. The van der Waals surface area contributed by atoms with Gasteiger partial charge in [-0.25, -0.2) is 0 Å². The van der Waals surface area contributed by atoms with E-state index in [0.29, 0.717) is 12.5 Å². The van der Waals surface area contributed by atoms with Gasteiger partial charge < -0.3 is 14.6 Å². The summed E-state index contributed by atoms with van der Waals surface area (Å²) in [6.07, 6.45) is 0.773. The fourth-order valence-corrected chi connectivity index (χ4v) is 2.46. The van der Waals surface area contributed by atoms with Gasteiger partial charge in [0.1, 0.15) is 5.75 Å². The molecule has 1 aromatic carbocycles. The number of morpholine rings is 1. The minimum Gasteiger partial charge on any atom is -0.495 e. The summed E-state index contributed by atoms with van der Waals surface area (Å²) in [5.41, 5.74) is 2.10. The van der Waals surface area contributed by atoms with E-state index in [1.807, 2.05) is 6.07 Å². The molecule has 1 heterocycles. The highest BCUT2D eigenvalue weighted by Gasteiger charge is 2.16. The summed E-state index contributed by atoms with van der Waals surface area (Å²) < 4.78 is 10.9. The second-order valence-electron chi connectivity index (χ2n) is 5.23. The molecule has 1 saturated heterocycles. The molecule has 0 aliphatic carbocycles. The van der Waals surface area contributed by atoms with Crippen molar-refractivity contribution in [1.29, 1.82) is 0 Å². The Hall–Kier alpha value is -1.54. The number of aliphatic hydroxyl groups is 1. The zero-order valence-electron chi connectivity index (χ0n) is 12.8. The first-order valence-electron chi connectivity index (χ1n) is 7.33. The van der Waals surface area contributed by atoms with Crippen LogP contribution in [0.4, 0.5) is 0 Å². The van der Waals surface area contributed by atoms with Crippen LogP contribution >= 0.6 is 0 Å². The van der Waals surface area contributed by atoms with Gasteiger partial charge in [-0.15, -0.1) is 0 Å². The second-order valence-corrected chi connectivity index (χ2v) is 5.23. The van der Waals surface area contributed by atoms with Crippen LogP contribution in [0.1, 0.15) is 24.5 Å². The Morgan fingerprint density at radius 2 is 2.33 bits per heavy atom. The third-order valence-electron chi connectivity index (χ3n) is 3.46. The molecule has 1 N–H and O–H groups in total. The topological polar surface area (TPSA) is 41.9 Å². The van der Waals surface area contributed by atoms with Crippen molar-refractivity contribution < 1.29 is 14.6 Å². The maximum absolute atomic E-state index is 8.81. The molecule has 0 bridgehead atoms. The summed E-state index contributed by atoms with van der Waals surface area (Å²) in [6, 6.07) is 6.11. The van der Waals surface area contributed by atoms with E-state index in [1.165, 1.54) is 5.56 Å². The molecule has 1 aliphatic heterocycles. The molecule has 1 atom stereocenters. The van der Waals surface area contributed by atoms with Gasteiger partial charge in [-0.3, -0.25) is 4.90 Å². The molecule has 0 saturated carbocycles. The zero-order chi connectivity index (χ0) is 15.1. The minimum atomic E-state index is 0.0840. The molecule has 1 fully saturated rings. The lowest BCUT2D eigenvalue weighted by Gasteiger charge is -2.31. The number of aliphatic hydroxyl groups excluding tert-OH is 1. The first-order chi connectivity index (χ1) is 10.2. The van der Waals surface area contributed by atoms with E-state index in [-0.39, 0.29) is 6.61 Å². The number of benzene rings is 1. The number of methoxy groups -OCH3 is 1. The van der Waals surface area contributed by atoms with Crippen molar-refractivity contribution in [2.45, 2.75) is 26.0 Å². The Morgan fingerprint density at radius 1 is 1.48 bits per heavy atom. The van der Waals surface area contributed by atoms with Gasteiger partial charge in [0, 0.05) is 26.1 Å². The maximum Gasteiger partial charge on any atom is 0.134 e. The van der Waals surface area contributed by atoms with Gasteiger partial charge in [0.15, 0.2) is 0 Å². The van der Waals surface area contributed by atoms with Crippen molar-refractivity contribution in [3.8, 4) is 17.6 Å². The lowest BCUT2D eigenvalue weighted by Crippen LogP contribution is -2.40. The van der Waals surface area contributed by atoms with Gasteiger partial charge in [0.2, 0.25) is 0 Å². The molecule has 0 amide bonds. The summed E-state index contributed by atoms with van der Waals surface area (Å²) in [5.74, 6) is 6.80. The third kappa shape index (κ3) is 4.75. The largest absolute Gasteiger partial charge is 0.495 e. The fraction of sp³-hybridized carbons (Fsp3) is 0.529. The lowest BCUT2D eigenvalue weighted by molar-refractivity contribution is -0.0212. The Balaban J connectivity index is 2.10. The molecule has 2 rings (SSSR count). The van der Waals surface area contributed by atoms with E-state index in [4.69, 9.17) is 14.6 Å². The molecular weight excluding hydrogens is 266 g/mol. The van der Waals surface area contributed by atoms with Gasteiger partial charge in [-0.2, -0.15) is 0 Å². The average Bonchev–Trinajstić information content (AvgIpc) is 2.48. The van der Waals surface area contributed by atoms with Crippen molar-refractivity contribution in [3.05, 3.63) is 29.3 Å². The van der Waals surface area contributed by atoms with Crippen molar-refractivity contribution >= 4 is 0 Å². The van der Waals surface area contributed by atoms with E-state index in [0.717, 1.165) is 37.6 Å². The molecule has 1 aliphatic rings. The zero-order valence-corrected chi connectivity index (χ0v) is 12.8. The molecule has 1 aromatic rings. The van der Waals surface area contributed by atoms with Crippen LogP contribution in [-0.2, 0) is 11.3 Å². The van der Waals surface area contributed by atoms with E-state index >= 15 is 0 Å². The normalized spacial score (nSPS) is 18.9. The van der Waals surface area contributed by atoms with Gasteiger partial charge in [-0.05, 0) is 24.6 Å². The lowest BCUT2D eigenvalue weighted by atomic mass is 10.1. The van der Waals surface area contributed by atoms with E-state index in [1.54, 1.807) is 7.11 Å². The quantitative estimate of drug-likeness (QED) is 0.856. The Morgan fingerprint density at radius 3 is 3.05 bits per heavy atom. The van der Waals surface area contributed by atoms with E-state index < -0.39 is 0 Å². The van der Waals surface area contributed by atoms with Crippen LogP contribution in [-0.4, -0.2) is 49.5 Å². The minimum absolute atomic E-state index is 0.0840. The van der Waals surface area contributed by atoms with E-state index in [2.05, 4.69) is 35.8 Å². The average molecular weight is 289 g/mol. The third-order valence-corrected chi connectivity index (χ3v) is 3.46. The maximum atomic E-state index is 8.81. The highest BCUT2D eigenvalue weighted by molar-refractivity contribution is 5.48. The van der Waals surface area contributed by atoms with Crippen LogP contribution < -0.4 is 4.74 Å². The summed E-state index contributed by atoms with van der Waals surface area (Å²) in [4.78, 5) is 2.39. The Labute approximate surface area is 126 Å². The molecule has 1 unspecified atom stereocenters. The molecule has 4 nitrogen and oxygen atoms in total. The van der Waals surface area contributed by atoms with Gasteiger partial charge in [0.05, 0.1) is 32.0 Å². The Bertz CT molecular complexity index is 519. The van der Waals surface area contributed by atoms with Crippen LogP contribution in [0.15, 0.2) is 18.2 Å². The summed E-state index contributed by atoms with van der Waals surface area (Å²) in [5, 5.41) is 8.81. The molecule has 114 valence electrons.